The average molecular weight is 474 g/mol. The van der Waals surface area contributed by atoms with E-state index in [0.717, 1.165) is 35.8 Å². The van der Waals surface area contributed by atoms with Crippen LogP contribution in [0, 0.1) is 0 Å². The van der Waals surface area contributed by atoms with Crippen molar-refractivity contribution in [1.29, 1.82) is 0 Å². The van der Waals surface area contributed by atoms with E-state index >= 15 is 0 Å². The fourth-order valence-corrected chi connectivity index (χ4v) is 5.52. The number of carbonyl (C=O) groups is 1. The smallest absolute Gasteiger partial charge is 0.243 e. The highest BCUT2D eigenvalue weighted by molar-refractivity contribution is 7.92. The van der Waals surface area contributed by atoms with Gasteiger partial charge in [0.2, 0.25) is 15.9 Å². The van der Waals surface area contributed by atoms with E-state index in [4.69, 9.17) is 9.47 Å². The van der Waals surface area contributed by atoms with E-state index in [1.54, 1.807) is 25.1 Å². The SMILES string of the molecule is C[C@@H](C(=O)NCc1cccc(CN2CCCC2)c1)N(c1ccc2c(c1)OCCO2)S(C)(=O)=O. The van der Waals surface area contributed by atoms with Gasteiger partial charge < -0.3 is 14.8 Å². The number of amides is 1. The van der Waals surface area contributed by atoms with Crippen molar-refractivity contribution in [2.45, 2.75) is 38.9 Å². The second kappa shape index (κ2) is 10.0. The molecule has 4 rings (SSSR count). The summed E-state index contributed by atoms with van der Waals surface area (Å²) in [6, 6.07) is 12.1. The fraction of sp³-hybridized carbons (Fsp3) is 0.458. The predicted molar refractivity (Wildman–Crippen MR) is 127 cm³/mol. The Hall–Kier alpha value is -2.78. The van der Waals surface area contributed by atoms with Crippen molar-refractivity contribution < 1.29 is 22.7 Å². The molecular weight excluding hydrogens is 442 g/mol. The van der Waals surface area contributed by atoms with Crippen LogP contribution in [0.4, 0.5) is 5.69 Å². The number of anilines is 1. The highest BCUT2D eigenvalue weighted by Crippen LogP contribution is 2.35. The minimum absolute atomic E-state index is 0.329. The van der Waals surface area contributed by atoms with Gasteiger partial charge >= 0.3 is 0 Å². The first-order valence-electron chi connectivity index (χ1n) is 11.3. The van der Waals surface area contributed by atoms with Crippen LogP contribution in [0.2, 0.25) is 0 Å². The summed E-state index contributed by atoms with van der Waals surface area (Å²) in [7, 11) is -3.72. The summed E-state index contributed by atoms with van der Waals surface area (Å²) in [5.41, 5.74) is 2.56. The zero-order valence-electron chi connectivity index (χ0n) is 19.1. The van der Waals surface area contributed by atoms with Gasteiger partial charge in [0.1, 0.15) is 19.3 Å². The van der Waals surface area contributed by atoms with E-state index in [2.05, 4.69) is 22.3 Å². The molecule has 0 radical (unpaired) electrons. The lowest BCUT2D eigenvalue weighted by atomic mass is 10.1. The van der Waals surface area contributed by atoms with Crippen LogP contribution in [-0.2, 0) is 27.9 Å². The summed E-state index contributed by atoms with van der Waals surface area (Å²) in [4.78, 5) is 15.4. The van der Waals surface area contributed by atoms with Crippen molar-refractivity contribution >= 4 is 21.6 Å². The molecule has 0 aromatic heterocycles. The lowest BCUT2D eigenvalue weighted by Gasteiger charge is -2.29. The van der Waals surface area contributed by atoms with Gasteiger partial charge in [-0.3, -0.25) is 14.0 Å². The lowest BCUT2D eigenvalue weighted by molar-refractivity contribution is -0.122. The first-order chi connectivity index (χ1) is 15.8. The van der Waals surface area contributed by atoms with Crippen LogP contribution in [0.3, 0.4) is 0 Å². The third kappa shape index (κ3) is 5.78. The third-order valence-electron chi connectivity index (χ3n) is 5.93. The van der Waals surface area contributed by atoms with Gasteiger partial charge in [-0.1, -0.05) is 24.3 Å². The van der Waals surface area contributed by atoms with Crippen LogP contribution in [0.25, 0.3) is 0 Å². The van der Waals surface area contributed by atoms with Gasteiger partial charge in [0.15, 0.2) is 11.5 Å². The summed E-state index contributed by atoms with van der Waals surface area (Å²) in [6.45, 7) is 5.90. The minimum atomic E-state index is -3.72. The Morgan fingerprint density at radius 2 is 1.76 bits per heavy atom. The molecule has 0 aliphatic carbocycles. The van der Waals surface area contributed by atoms with Gasteiger partial charge in [0.25, 0.3) is 0 Å². The maximum Gasteiger partial charge on any atom is 0.243 e. The number of hydrogen-bond donors (Lipinski definition) is 1. The van der Waals surface area contributed by atoms with Crippen LogP contribution < -0.4 is 19.1 Å². The average Bonchev–Trinajstić information content (AvgIpc) is 3.30. The molecule has 0 bridgehead atoms. The molecule has 2 aromatic rings. The third-order valence-corrected chi connectivity index (χ3v) is 7.17. The van der Waals surface area contributed by atoms with Crippen molar-refractivity contribution in [1.82, 2.24) is 10.2 Å². The van der Waals surface area contributed by atoms with Crippen molar-refractivity contribution in [2.24, 2.45) is 0 Å². The molecule has 8 nitrogen and oxygen atoms in total. The number of nitrogens with zero attached hydrogens (tertiary/aromatic N) is 2. The zero-order chi connectivity index (χ0) is 23.4. The molecule has 1 atom stereocenters. The number of ether oxygens (including phenoxy) is 2. The number of rotatable bonds is 8. The Morgan fingerprint density at radius 1 is 1.06 bits per heavy atom. The topological polar surface area (TPSA) is 88.2 Å². The summed E-state index contributed by atoms with van der Waals surface area (Å²) in [5, 5.41) is 2.89. The molecule has 2 aliphatic rings. The summed E-state index contributed by atoms with van der Waals surface area (Å²) in [5.74, 6) is 0.652. The number of hydrogen-bond acceptors (Lipinski definition) is 6. The van der Waals surface area contributed by atoms with Gasteiger partial charge in [0, 0.05) is 19.2 Å². The van der Waals surface area contributed by atoms with E-state index in [0.29, 0.717) is 36.9 Å². The van der Waals surface area contributed by atoms with Crippen molar-refractivity contribution in [3.05, 3.63) is 53.6 Å². The molecule has 0 unspecified atom stereocenters. The predicted octanol–water partition coefficient (Wildman–Crippen LogP) is 2.52. The van der Waals surface area contributed by atoms with Gasteiger partial charge in [-0.15, -0.1) is 0 Å². The second-order valence-corrected chi connectivity index (χ2v) is 10.4. The molecule has 2 heterocycles. The molecule has 2 aromatic carbocycles. The standard InChI is InChI=1S/C24H31N3O5S/c1-18(27(33(2,29)30)21-8-9-22-23(15-21)32-13-12-31-22)24(28)25-16-19-6-5-7-20(14-19)17-26-10-3-4-11-26/h5-9,14-15,18H,3-4,10-13,16-17H2,1-2H3,(H,25,28)/t18-/m0/s1. The molecule has 33 heavy (non-hydrogen) atoms. The molecule has 9 heteroatoms. The number of likely N-dealkylation sites (tertiary alicyclic amines) is 1. The monoisotopic (exact) mass is 473 g/mol. The van der Waals surface area contributed by atoms with Crippen molar-refractivity contribution in [2.75, 3.05) is 36.9 Å². The number of fused-ring (bicyclic) bond motifs is 1. The van der Waals surface area contributed by atoms with Gasteiger partial charge in [-0.05, 0) is 56.1 Å². The summed E-state index contributed by atoms with van der Waals surface area (Å²) in [6.07, 6.45) is 3.58. The molecule has 1 saturated heterocycles. The maximum atomic E-state index is 12.9. The molecule has 1 fully saturated rings. The summed E-state index contributed by atoms with van der Waals surface area (Å²) >= 11 is 0. The van der Waals surface area contributed by atoms with E-state index < -0.39 is 16.1 Å². The number of carbonyl (C=O) groups excluding carboxylic acids is 1. The largest absolute Gasteiger partial charge is 0.486 e. The quantitative estimate of drug-likeness (QED) is 0.634. The van der Waals surface area contributed by atoms with E-state index in [-0.39, 0.29) is 5.91 Å². The van der Waals surface area contributed by atoms with Crippen LogP contribution in [0.15, 0.2) is 42.5 Å². The van der Waals surface area contributed by atoms with Gasteiger partial charge in [-0.2, -0.15) is 0 Å². The molecule has 2 aliphatic heterocycles. The maximum absolute atomic E-state index is 12.9. The van der Waals surface area contributed by atoms with E-state index in [9.17, 15) is 13.2 Å². The zero-order valence-corrected chi connectivity index (χ0v) is 19.9. The van der Waals surface area contributed by atoms with Crippen molar-refractivity contribution in [3.63, 3.8) is 0 Å². The van der Waals surface area contributed by atoms with Gasteiger partial charge in [-0.25, -0.2) is 8.42 Å². The molecule has 1 amide bonds. The lowest BCUT2D eigenvalue weighted by Crippen LogP contribution is -2.47. The molecule has 0 saturated carbocycles. The Bertz CT molecular complexity index is 1100. The van der Waals surface area contributed by atoms with E-state index in [1.165, 1.54) is 18.4 Å². The Labute approximate surface area is 195 Å². The molecule has 0 spiro atoms. The van der Waals surface area contributed by atoms with Crippen LogP contribution in [-0.4, -0.2) is 57.8 Å². The highest BCUT2D eigenvalue weighted by Gasteiger charge is 2.30. The van der Waals surface area contributed by atoms with E-state index in [1.807, 2.05) is 12.1 Å². The normalized spacial score (nSPS) is 16.9. The minimum Gasteiger partial charge on any atom is -0.486 e. The Morgan fingerprint density at radius 3 is 2.48 bits per heavy atom. The Balaban J connectivity index is 1.44. The number of benzene rings is 2. The first-order valence-corrected chi connectivity index (χ1v) is 13.1. The van der Waals surface area contributed by atoms with Crippen LogP contribution in [0.5, 0.6) is 11.5 Å². The van der Waals surface area contributed by atoms with Crippen LogP contribution in [0.1, 0.15) is 30.9 Å². The molecule has 178 valence electrons. The first kappa shape index (κ1) is 23.4. The van der Waals surface area contributed by atoms with Crippen molar-refractivity contribution in [3.8, 4) is 11.5 Å². The fourth-order valence-electron chi connectivity index (χ4n) is 4.35. The number of sulfonamides is 1. The Kier molecular flexibility index (Phi) is 7.09. The van der Waals surface area contributed by atoms with Crippen LogP contribution >= 0.6 is 0 Å². The summed E-state index contributed by atoms with van der Waals surface area (Å²) < 4.78 is 37.4. The second-order valence-electron chi connectivity index (χ2n) is 8.58. The molecule has 1 N–H and O–H groups in total. The molecular formula is C24H31N3O5S. The number of nitrogens with one attached hydrogen (secondary N) is 1. The highest BCUT2D eigenvalue weighted by atomic mass is 32.2. The van der Waals surface area contributed by atoms with Gasteiger partial charge in [0.05, 0.1) is 11.9 Å².